The largest absolute Gasteiger partial charge is 0.640 e. The van der Waals surface area contributed by atoms with Crippen molar-refractivity contribution in [1.29, 1.82) is 0 Å². The van der Waals surface area contributed by atoms with Gasteiger partial charge in [-0.05, 0) is 6.42 Å². The van der Waals surface area contributed by atoms with Crippen LogP contribution in [0.2, 0.25) is 0 Å². The Morgan fingerprint density at radius 2 is 1.57 bits per heavy atom. The van der Waals surface area contributed by atoms with E-state index >= 15 is 0 Å². The first-order chi connectivity index (χ1) is 6.20. The molecule has 81 valence electrons. The average Bonchev–Trinajstić information content (AvgIpc) is 2.20. The van der Waals surface area contributed by atoms with Crippen molar-refractivity contribution < 1.29 is 51.8 Å². The molecular weight excluding hydrogens is 261 g/mol. The number of hydrogen-bond acceptors (Lipinski definition) is 4. The Kier molecular flexibility index (Phi) is 21.7. The minimum Gasteiger partial charge on any atom is -0.640 e. The number of carbonyl (C=O) groups is 2. The van der Waals surface area contributed by atoms with Crippen LogP contribution in [0.4, 0.5) is 0 Å². The van der Waals surface area contributed by atoms with E-state index in [9.17, 15) is 9.59 Å². The molecule has 0 saturated carbocycles. The standard InChI is InChI=1S/C7H11O4.C2H5.Y/c1-10-6(8)4-3-5-7(9)11-2;1-2;/h1,3-5H2,2H3;1H2,2H3;/q2*-1;. The summed E-state index contributed by atoms with van der Waals surface area (Å²) in [6, 6.07) is 0. The molecule has 0 atom stereocenters. The van der Waals surface area contributed by atoms with Crippen LogP contribution >= 0.6 is 0 Å². The molecule has 0 aliphatic carbocycles. The van der Waals surface area contributed by atoms with Crippen LogP contribution < -0.4 is 0 Å². The monoisotopic (exact) mass is 277 g/mol. The number of carbonyl (C=O) groups excluding carboxylic acids is 2. The maximum absolute atomic E-state index is 10.5. The van der Waals surface area contributed by atoms with Gasteiger partial charge in [-0.3, -0.25) is 9.59 Å². The second-order valence-electron chi connectivity index (χ2n) is 1.95. The number of hydrogen-bond donors (Lipinski definition) is 0. The molecule has 0 aromatic carbocycles. The first kappa shape index (κ1) is 19.6. The van der Waals surface area contributed by atoms with Gasteiger partial charge in [0.2, 0.25) is 0 Å². The van der Waals surface area contributed by atoms with Crippen molar-refractivity contribution in [2.45, 2.75) is 26.2 Å². The summed E-state index contributed by atoms with van der Waals surface area (Å²) in [6.45, 7) is 5.00. The minimum atomic E-state index is -0.408. The summed E-state index contributed by atoms with van der Waals surface area (Å²) in [5.41, 5.74) is 0. The van der Waals surface area contributed by atoms with Crippen molar-refractivity contribution in [3.05, 3.63) is 14.0 Å². The molecule has 0 aromatic heterocycles. The van der Waals surface area contributed by atoms with Gasteiger partial charge >= 0.3 is 5.97 Å². The Balaban J connectivity index is -0.000000376. The molecule has 1 radical (unpaired) electrons. The van der Waals surface area contributed by atoms with E-state index in [-0.39, 0.29) is 51.5 Å². The average molecular weight is 277 g/mol. The molecule has 0 spiro atoms. The summed E-state index contributed by atoms with van der Waals surface area (Å²) in [5.74, 6) is -0.726. The van der Waals surface area contributed by atoms with Crippen LogP contribution in [0.25, 0.3) is 0 Å². The Hall–Kier alpha value is 0.0439. The molecule has 0 aliphatic rings. The summed E-state index contributed by atoms with van der Waals surface area (Å²) in [7, 11) is 4.25. The zero-order valence-corrected chi connectivity index (χ0v) is 11.6. The number of methoxy groups -OCH3 is 1. The Morgan fingerprint density at radius 3 is 1.93 bits per heavy atom. The van der Waals surface area contributed by atoms with Crippen LogP contribution in [-0.2, 0) is 51.8 Å². The molecule has 0 aliphatic heterocycles. The molecule has 0 saturated heterocycles. The number of rotatable bonds is 4. The van der Waals surface area contributed by atoms with Gasteiger partial charge in [-0.2, -0.15) is 14.0 Å². The van der Waals surface area contributed by atoms with Crippen molar-refractivity contribution >= 4 is 11.9 Å². The maximum Gasteiger partial charge on any atom is 0.305 e. The van der Waals surface area contributed by atoms with Gasteiger partial charge in [-0.15, -0.1) is 0 Å². The second-order valence-corrected chi connectivity index (χ2v) is 1.95. The third kappa shape index (κ3) is 14.6. The van der Waals surface area contributed by atoms with Gasteiger partial charge in [0.1, 0.15) is 0 Å². The first-order valence-electron chi connectivity index (χ1n) is 3.93. The summed E-state index contributed by atoms with van der Waals surface area (Å²) in [5, 5.41) is 0. The number of ether oxygens (including phenoxy) is 2. The second kappa shape index (κ2) is 15.5. The molecule has 4 nitrogen and oxygen atoms in total. The molecular formula is C9H16O4Y-2. The van der Waals surface area contributed by atoms with E-state index in [1.54, 1.807) is 6.92 Å². The van der Waals surface area contributed by atoms with E-state index in [0.717, 1.165) is 0 Å². The molecule has 14 heavy (non-hydrogen) atoms. The minimum absolute atomic E-state index is 0. The predicted octanol–water partition coefficient (Wildman–Crippen LogP) is 1.50. The third-order valence-corrected chi connectivity index (χ3v) is 1.15. The summed E-state index contributed by atoms with van der Waals surface area (Å²) in [6.07, 6.45) is 0.894. The van der Waals surface area contributed by atoms with E-state index in [4.69, 9.17) is 0 Å². The van der Waals surface area contributed by atoms with Crippen LogP contribution in [-0.4, -0.2) is 19.0 Å². The van der Waals surface area contributed by atoms with Gasteiger partial charge < -0.3 is 16.4 Å². The molecule has 0 fully saturated rings. The van der Waals surface area contributed by atoms with Gasteiger partial charge in [0.15, 0.2) is 0 Å². The predicted molar refractivity (Wildman–Crippen MR) is 48.3 cm³/mol. The van der Waals surface area contributed by atoms with Crippen molar-refractivity contribution in [3.63, 3.8) is 0 Å². The number of esters is 2. The Bertz CT molecular complexity index is 132. The normalized spacial score (nSPS) is 7.43. The Labute approximate surface area is 111 Å². The van der Waals surface area contributed by atoms with Crippen LogP contribution in [0.15, 0.2) is 0 Å². The topological polar surface area (TPSA) is 52.6 Å². The summed E-state index contributed by atoms with van der Waals surface area (Å²) < 4.78 is 8.48. The van der Waals surface area contributed by atoms with Crippen LogP contribution in [0, 0.1) is 14.0 Å². The van der Waals surface area contributed by atoms with Crippen molar-refractivity contribution in [3.8, 4) is 0 Å². The summed E-state index contributed by atoms with van der Waals surface area (Å²) >= 11 is 0. The molecule has 0 amide bonds. The van der Waals surface area contributed by atoms with Gasteiger partial charge in [-0.25, -0.2) is 0 Å². The van der Waals surface area contributed by atoms with E-state index in [1.807, 2.05) is 0 Å². The SMILES string of the molecule is [CH2-]C.[CH2-]OC(=O)CCCC(=O)OC.[Y]. The van der Waals surface area contributed by atoms with Crippen molar-refractivity contribution in [2.75, 3.05) is 7.11 Å². The molecule has 0 aromatic rings. The van der Waals surface area contributed by atoms with Crippen molar-refractivity contribution in [1.82, 2.24) is 0 Å². The van der Waals surface area contributed by atoms with E-state index in [2.05, 4.69) is 23.5 Å². The fourth-order valence-corrected chi connectivity index (χ4v) is 0.551. The quantitative estimate of drug-likeness (QED) is 0.577. The van der Waals surface area contributed by atoms with Gasteiger partial charge in [0.25, 0.3) is 5.97 Å². The maximum atomic E-state index is 10.5. The summed E-state index contributed by atoms with van der Waals surface area (Å²) in [4.78, 5) is 20.9. The fourth-order valence-electron chi connectivity index (χ4n) is 0.551. The first-order valence-corrected chi connectivity index (χ1v) is 3.93. The van der Waals surface area contributed by atoms with Gasteiger partial charge in [0.05, 0.1) is 7.11 Å². The third-order valence-electron chi connectivity index (χ3n) is 1.15. The zero-order chi connectivity index (χ0) is 10.7. The van der Waals surface area contributed by atoms with Crippen LogP contribution in [0.3, 0.4) is 0 Å². The van der Waals surface area contributed by atoms with E-state index in [0.29, 0.717) is 6.42 Å². The van der Waals surface area contributed by atoms with E-state index < -0.39 is 5.97 Å². The molecule has 0 rings (SSSR count). The zero-order valence-electron chi connectivity index (χ0n) is 8.75. The molecule has 0 bridgehead atoms. The van der Waals surface area contributed by atoms with Gasteiger partial charge in [-0.1, -0.05) is 0 Å². The van der Waals surface area contributed by atoms with Crippen LogP contribution in [0.1, 0.15) is 26.2 Å². The van der Waals surface area contributed by atoms with Crippen molar-refractivity contribution in [2.24, 2.45) is 0 Å². The molecule has 0 heterocycles. The van der Waals surface area contributed by atoms with Gasteiger partial charge in [0, 0.05) is 45.6 Å². The smallest absolute Gasteiger partial charge is 0.305 e. The fraction of sp³-hybridized carbons (Fsp3) is 0.556. The molecule has 0 unspecified atom stereocenters. The van der Waals surface area contributed by atoms with E-state index in [1.165, 1.54) is 7.11 Å². The van der Waals surface area contributed by atoms with Crippen LogP contribution in [0.5, 0.6) is 0 Å². The molecule has 0 N–H and O–H groups in total. The molecule has 5 heteroatoms. The Morgan fingerprint density at radius 1 is 1.14 bits per heavy atom.